The number of hydrogen-bond acceptors (Lipinski definition) is 5. The Balaban J connectivity index is 1.55. The molecular formula is C21H24N2O5. The minimum absolute atomic E-state index is 0.121. The zero-order valence-electron chi connectivity index (χ0n) is 15.9. The smallest absolute Gasteiger partial charge is 0.222 e. The first-order valence-corrected chi connectivity index (χ1v) is 9.11. The maximum Gasteiger partial charge on any atom is 0.222 e. The summed E-state index contributed by atoms with van der Waals surface area (Å²) in [6.07, 6.45) is -0.144. The third kappa shape index (κ3) is 5.16. The van der Waals surface area contributed by atoms with Crippen LogP contribution in [-0.4, -0.2) is 38.2 Å². The highest BCUT2D eigenvalue weighted by atomic mass is 16.6. The van der Waals surface area contributed by atoms with Crippen LogP contribution in [-0.2, 0) is 9.59 Å². The third-order valence-electron chi connectivity index (χ3n) is 4.38. The number of carbonyl (C=O) groups excluding carboxylic acids is 2. The van der Waals surface area contributed by atoms with Crippen LogP contribution in [0.4, 0.5) is 0 Å². The molecule has 1 heterocycles. The van der Waals surface area contributed by atoms with E-state index in [1.54, 1.807) is 19.2 Å². The molecule has 1 aliphatic heterocycles. The Bertz CT molecular complexity index is 822. The lowest BCUT2D eigenvalue weighted by atomic mass is 10.0. The number of nitrogens with one attached hydrogen (secondary N) is 2. The van der Waals surface area contributed by atoms with Crippen molar-refractivity contribution in [3.05, 3.63) is 54.1 Å². The summed E-state index contributed by atoms with van der Waals surface area (Å²) in [6, 6.07) is 14.3. The van der Waals surface area contributed by atoms with E-state index in [1.165, 1.54) is 6.92 Å². The predicted octanol–water partition coefficient (Wildman–Crippen LogP) is 2.22. The maximum atomic E-state index is 12.4. The normalized spacial score (nSPS) is 16.0. The van der Waals surface area contributed by atoms with Crippen molar-refractivity contribution in [3.8, 4) is 17.2 Å². The van der Waals surface area contributed by atoms with E-state index < -0.39 is 6.04 Å². The molecule has 0 saturated carbocycles. The molecule has 28 heavy (non-hydrogen) atoms. The number of benzene rings is 2. The largest absolute Gasteiger partial charge is 0.497 e. The van der Waals surface area contributed by atoms with Crippen molar-refractivity contribution in [1.82, 2.24) is 10.6 Å². The average Bonchev–Trinajstić information content (AvgIpc) is 2.71. The molecule has 2 atom stereocenters. The van der Waals surface area contributed by atoms with Gasteiger partial charge in [-0.3, -0.25) is 9.59 Å². The van der Waals surface area contributed by atoms with E-state index in [0.717, 1.165) is 5.56 Å². The van der Waals surface area contributed by atoms with Crippen molar-refractivity contribution < 1.29 is 23.8 Å². The fourth-order valence-electron chi connectivity index (χ4n) is 2.98. The molecule has 2 aromatic rings. The molecule has 0 aromatic heterocycles. The summed E-state index contributed by atoms with van der Waals surface area (Å²) in [7, 11) is 1.59. The van der Waals surface area contributed by atoms with Gasteiger partial charge in [-0.25, -0.2) is 0 Å². The van der Waals surface area contributed by atoms with Crippen LogP contribution in [0.15, 0.2) is 48.5 Å². The van der Waals surface area contributed by atoms with Crippen LogP contribution in [0.1, 0.15) is 24.9 Å². The molecule has 3 rings (SSSR count). The van der Waals surface area contributed by atoms with Crippen molar-refractivity contribution in [3.63, 3.8) is 0 Å². The first-order valence-electron chi connectivity index (χ1n) is 9.11. The molecule has 0 unspecified atom stereocenters. The van der Waals surface area contributed by atoms with Crippen molar-refractivity contribution >= 4 is 11.8 Å². The standard InChI is InChI=1S/C21H24N2O5/c1-14(24)23-18(15-7-9-16(26-2)10-8-15)11-21(25)22-12-17-13-27-19-5-3-4-6-20(19)28-17/h3-10,17-18H,11-13H2,1-2H3,(H,22,25)(H,23,24)/t17-,18+/m0/s1. The van der Waals surface area contributed by atoms with Crippen LogP contribution in [0.25, 0.3) is 0 Å². The van der Waals surface area contributed by atoms with Gasteiger partial charge in [0.1, 0.15) is 18.5 Å². The molecule has 0 saturated heterocycles. The maximum absolute atomic E-state index is 12.4. The highest BCUT2D eigenvalue weighted by Gasteiger charge is 2.22. The third-order valence-corrected chi connectivity index (χ3v) is 4.38. The molecule has 0 radical (unpaired) electrons. The number of fused-ring (bicyclic) bond motifs is 1. The Kier molecular flexibility index (Phi) is 6.37. The summed E-state index contributed by atoms with van der Waals surface area (Å²) in [6.45, 7) is 2.12. The first-order chi connectivity index (χ1) is 13.5. The molecule has 0 bridgehead atoms. The fraction of sp³-hybridized carbons (Fsp3) is 0.333. The van der Waals surface area contributed by atoms with E-state index in [0.29, 0.717) is 30.4 Å². The topological polar surface area (TPSA) is 85.9 Å². The van der Waals surface area contributed by atoms with Crippen molar-refractivity contribution in [1.29, 1.82) is 0 Å². The summed E-state index contributed by atoms with van der Waals surface area (Å²) in [5, 5.41) is 5.68. The first kappa shape index (κ1) is 19.5. The van der Waals surface area contributed by atoms with Gasteiger partial charge in [0, 0.05) is 6.92 Å². The zero-order chi connectivity index (χ0) is 19.9. The van der Waals surface area contributed by atoms with Crippen molar-refractivity contribution in [2.75, 3.05) is 20.3 Å². The van der Waals surface area contributed by atoms with Gasteiger partial charge < -0.3 is 24.8 Å². The van der Waals surface area contributed by atoms with Gasteiger partial charge in [0.15, 0.2) is 11.5 Å². The number of rotatable bonds is 7. The van der Waals surface area contributed by atoms with Crippen LogP contribution in [0.3, 0.4) is 0 Å². The summed E-state index contributed by atoms with van der Waals surface area (Å²) in [5.74, 6) is 1.70. The molecule has 2 N–H and O–H groups in total. The SMILES string of the molecule is COc1ccc([C@@H](CC(=O)NC[C@H]2COc3ccccc3O2)NC(C)=O)cc1. The fourth-order valence-corrected chi connectivity index (χ4v) is 2.98. The van der Waals surface area contributed by atoms with Crippen LogP contribution in [0.2, 0.25) is 0 Å². The van der Waals surface area contributed by atoms with Gasteiger partial charge in [0.2, 0.25) is 11.8 Å². The second kappa shape index (κ2) is 9.12. The Hall–Kier alpha value is -3.22. The van der Waals surface area contributed by atoms with Gasteiger partial charge in [-0.2, -0.15) is 0 Å². The Morgan fingerprint density at radius 3 is 2.54 bits per heavy atom. The number of para-hydroxylation sites is 2. The van der Waals surface area contributed by atoms with E-state index >= 15 is 0 Å². The molecule has 0 aliphatic carbocycles. The lowest BCUT2D eigenvalue weighted by Crippen LogP contribution is -2.41. The van der Waals surface area contributed by atoms with E-state index in [-0.39, 0.29) is 24.3 Å². The van der Waals surface area contributed by atoms with Crippen LogP contribution in [0.5, 0.6) is 17.2 Å². The molecule has 148 valence electrons. The Morgan fingerprint density at radius 1 is 1.14 bits per heavy atom. The van der Waals surface area contributed by atoms with Crippen LogP contribution in [0, 0.1) is 0 Å². The Morgan fingerprint density at radius 2 is 1.86 bits per heavy atom. The monoisotopic (exact) mass is 384 g/mol. The summed E-state index contributed by atoms with van der Waals surface area (Å²) >= 11 is 0. The molecule has 0 fully saturated rings. The number of methoxy groups -OCH3 is 1. The minimum atomic E-state index is -0.423. The molecule has 1 aliphatic rings. The summed E-state index contributed by atoms with van der Waals surface area (Å²) < 4.78 is 16.6. The average molecular weight is 384 g/mol. The van der Waals surface area contributed by atoms with Gasteiger partial charge in [0.05, 0.1) is 26.1 Å². The number of carbonyl (C=O) groups is 2. The summed E-state index contributed by atoms with van der Waals surface area (Å²) in [5.41, 5.74) is 0.831. The molecule has 7 nitrogen and oxygen atoms in total. The van der Waals surface area contributed by atoms with Gasteiger partial charge in [-0.1, -0.05) is 24.3 Å². The molecule has 0 spiro atoms. The molecule has 7 heteroatoms. The Labute approximate surface area is 164 Å². The van der Waals surface area contributed by atoms with Gasteiger partial charge in [0.25, 0.3) is 0 Å². The number of hydrogen-bond donors (Lipinski definition) is 2. The number of amides is 2. The molecule has 2 amide bonds. The second-order valence-electron chi connectivity index (χ2n) is 6.53. The van der Waals surface area contributed by atoms with E-state index in [2.05, 4.69) is 10.6 Å². The number of ether oxygens (including phenoxy) is 3. The van der Waals surface area contributed by atoms with Crippen LogP contribution < -0.4 is 24.8 Å². The van der Waals surface area contributed by atoms with E-state index in [1.807, 2.05) is 36.4 Å². The highest BCUT2D eigenvalue weighted by Crippen LogP contribution is 2.30. The van der Waals surface area contributed by atoms with Crippen molar-refractivity contribution in [2.24, 2.45) is 0 Å². The molecular weight excluding hydrogens is 360 g/mol. The lowest BCUT2D eigenvalue weighted by Gasteiger charge is -2.27. The van der Waals surface area contributed by atoms with Gasteiger partial charge in [-0.05, 0) is 29.8 Å². The summed E-state index contributed by atoms with van der Waals surface area (Å²) in [4.78, 5) is 24.0. The van der Waals surface area contributed by atoms with E-state index in [9.17, 15) is 9.59 Å². The second-order valence-corrected chi connectivity index (χ2v) is 6.53. The lowest BCUT2D eigenvalue weighted by molar-refractivity contribution is -0.123. The predicted molar refractivity (Wildman–Crippen MR) is 104 cm³/mol. The zero-order valence-corrected chi connectivity index (χ0v) is 15.9. The highest BCUT2D eigenvalue weighted by molar-refractivity contribution is 5.79. The van der Waals surface area contributed by atoms with E-state index in [4.69, 9.17) is 14.2 Å². The quantitative estimate of drug-likeness (QED) is 0.765. The molecule has 2 aromatic carbocycles. The van der Waals surface area contributed by atoms with Gasteiger partial charge in [-0.15, -0.1) is 0 Å². The van der Waals surface area contributed by atoms with Crippen molar-refractivity contribution in [2.45, 2.75) is 25.5 Å². The van der Waals surface area contributed by atoms with Gasteiger partial charge >= 0.3 is 0 Å². The van der Waals surface area contributed by atoms with Crippen LogP contribution >= 0.6 is 0 Å². The minimum Gasteiger partial charge on any atom is -0.497 e.